The van der Waals surface area contributed by atoms with E-state index in [1.807, 2.05) is 18.4 Å². The second-order valence-corrected chi connectivity index (χ2v) is 5.16. The number of nitrogens with zero attached hydrogens (tertiary/aromatic N) is 1. The summed E-state index contributed by atoms with van der Waals surface area (Å²) in [6.07, 6.45) is 0. The second kappa shape index (κ2) is 8.11. The number of thiazole rings is 1. The van der Waals surface area contributed by atoms with Gasteiger partial charge in [-0.05, 0) is 18.6 Å². The third-order valence-electron chi connectivity index (χ3n) is 2.78. The molecule has 0 atom stereocenters. The zero-order valence-electron chi connectivity index (χ0n) is 11.7. The molecule has 0 saturated heterocycles. The van der Waals surface area contributed by atoms with Crippen molar-refractivity contribution < 1.29 is 9.47 Å². The van der Waals surface area contributed by atoms with E-state index in [4.69, 9.17) is 15.2 Å². The molecule has 108 valence electrons. The molecule has 0 saturated carbocycles. The lowest BCUT2D eigenvalue weighted by atomic mass is 10.1. The van der Waals surface area contributed by atoms with Gasteiger partial charge in [0.2, 0.25) is 0 Å². The van der Waals surface area contributed by atoms with Gasteiger partial charge in [0.25, 0.3) is 0 Å². The predicted octanol–water partition coefficient (Wildman–Crippen LogP) is 2.82. The van der Waals surface area contributed by atoms with Gasteiger partial charge in [0, 0.05) is 24.1 Å². The van der Waals surface area contributed by atoms with Gasteiger partial charge in [-0.15, -0.1) is 11.3 Å². The SMILES string of the molecule is CCOCCOCc1cccc(-c2nc(CN)cs2)c1. The highest BCUT2D eigenvalue weighted by molar-refractivity contribution is 7.13. The van der Waals surface area contributed by atoms with Gasteiger partial charge >= 0.3 is 0 Å². The van der Waals surface area contributed by atoms with Crippen molar-refractivity contribution in [3.05, 3.63) is 40.9 Å². The number of hydrogen-bond donors (Lipinski definition) is 1. The fourth-order valence-electron chi connectivity index (χ4n) is 1.78. The van der Waals surface area contributed by atoms with Crippen molar-refractivity contribution in [1.29, 1.82) is 0 Å². The van der Waals surface area contributed by atoms with Crippen LogP contribution in [-0.4, -0.2) is 24.8 Å². The molecule has 1 aromatic carbocycles. The number of benzene rings is 1. The van der Waals surface area contributed by atoms with Crippen molar-refractivity contribution in [3.8, 4) is 10.6 Å². The van der Waals surface area contributed by atoms with E-state index in [9.17, 15) is 0 Å². The topological polar surface area (TPSA) is 57.4 Å². The molecule has 0 aliphatic carbocycles. The molecule has 5 heteroatoms. The zero-order valence-corrected chi connectivity index (χ0v) is 12.5. The van der Waals surface area contributed by atoms with Crippen LogP contribution in [0.2, 0.25) is 0 Å². The van der Waals surface area contributed by atoms with Crippen LogP contribution < -0.4 is 5.73 Å². The van der Waals surface area contributed by atoms with Crippen molar-refractivity contribution in [1.82, 2.24) is 4.98 Å². The highest BCUT2D eigenvalue weighted by Gasteiger charge is 2.04. The molecule has 1 aromatic heterocycles. The Hall–Kier alpha value is -1.27. The Morgan fingerprint density at radius 3 is 2.85 bits per heavy atom. The summed E-state index contributed by atoms with van der Waals surface area (Å²) >= 11 is 1.62. The summed E-state index contributed by atoms with van der Waals surface area (Å²) in [6, 6.07) is 8.25. The number of nitrogens with two attached hydrogens (primary N) is 1. The van der Waals surface area contributed by atoms with Crippen molar-refractivity contribution >= 4 is 11.3 Å². The lowest BCUT2D eigenvalue weighted by molar-refractivity contribution is 0.0453. The molecule has 0 amide bonds. The van der Waals surface area contributed by atoms with Crippen LogP contribution >= 0.6 is 11.3 Å². The zero-order chi connectivity index (χ0) is 14.2. The Morgan fingerprint density at radius 2 is 2.10 bits per heavy atom. The van der Waals surface area contributed by atoms with E-state index in [-0.39, 0.29) is 0 Å². The first-order valence-corrected chi connectivity index (χ1v) is 7.60. The molecule has 2 rings (SSSR count). The third kappa shape index (κ3) is 4.38. The van der Waals surface area contributed by atoms with E-state index in [1.54, 1.807) is 11.3 Å². The molecule has 1 heterocycles. The van der Waals surface area contributed by atoms with Gasteiger partial charge in [-0.1, -0.05) is 18.2 Å². The van der Waals surface area contributed by atoms with E-state index >= 15 is 0 Å². The first-order valence-electron chi connectivity index (χ1n) is 6.72. The maximum atomic E-state index is 5.59. The van der Waals surface area contributed by atoms with Gasteiger partial charge in [0.05, 0.1) is 25.5 Å². The second-order valence-electron chi connectivity index (χ2n) is 4.30. The average Bonchev–Trinajstić information content (AvgIpc) is 2.96. The fourth-order valence-corrected chi connectivity index (χ4v) is 2.61. The molecule has 2 aromatic rings. The number of rotatable bonds is 8. The summed E-state index contributed by atoms with van der Waals surface area (Å²) in [5, 5.41) is 3.00. The van der Waals surface area contributed by atoms with Gasteiger partial charge in [0.1, 0.15) is 5.01 Å². The summed E-state index contributed by atoms with van der Waals surface area (Å²) in [5.74, 6) is 0. The smallest absolute Gasteiger partial charge is 0.123 e. The van der Waals surface area contributed by atoms with Crippen molar-refractivity contribution in [2.75, 3.05) is 19.8 Å². The largest absolute Gasteiger partial charge is 0.379 e. The van der Waals surface area contributed by atoms with Crippen LogP contribution in [0.5, 0.6) is 0 Å². The average molecular weight is 292 g/mol. The standard InChI is InChI=1S/C15H20N2O2S/c1-2-18-6-7-19-10-12-4-3-5-13(8-12)15-17-14(9-16)11-20-15/h3-5,8,11H,2,6-7,9-10,16H2,1H3. The van der Waals surface area contributed by atoms with Crippen molar-refractivity contribution in [2.45, 2.75) is 20.1 Å². The van der Waals surface area contributed by atoms with Gasteiger partial charge < -0.3 is 15.2 Å². The summed E-state index contributed by atoms with van der Waals surface area (Å²) in [7, 11) is 0. The Labute approximate surface area is 123 Å². The molecule has 0 unspecified atom stereocenters. The Bertz CT molecular complexity index is 528. The minimum atomic E-state index is 0.483. The highest BCUT2D eigenvalue weighted by Crippen LogP contribution is 2.24. The van der Waals surface area contributed by atoms with Gasteiger partial charge in [-0.2, -0.15) is 0 Å². The monoisotopic (exact) mass is 292 g/mol. The van der Waals surface area contributed by atoms with Crippen LogP contribution in [0.3, 0.4) is 0 Å². The van der Waals surface area contributed by atoms with Crippen LogP contribution in [0.25, 0.3) is 10.6 Å². The molecule has 0 fully saturated rings. The molecule has 0 aliphatic rings. The van der Waals surface area contributed by atoms with Gasteiger partial charge in [-0.3, -0.25) is 0 Å². The quantitative estimate of drug-likeness (QED) is 0.760. The van der Waals surface area contributed by atoms with E-state index in [0.29, 0.717) is 26.4 Å². The molecular weight excluding hydrogens is 272 g/mol. The number of aromatic nitrogens is 1. The lowest BCUT2D eigenvalue weighted by Gasteiger charge is -2.06. The van der Waals surface area contributed by atoms with Crippen molar-refractivity contribution in [2.24, 2.45) is 5.73 Å². The fraction of sp³-hybridized carbons (Fsp3) is 0.400. The van der Waals surface area contributed by atoms with Gasteiger partial charge in [-0.25, -0.2) is 4.98 Å². The minimum absolute atomic E-state index is 0.483. The van der Waals surface area contributed by atoms with Crippen LogP contribution in [0.1, 0.15) is 18.2 Å². The molecule has 0 radical (unpaired) electrons. The molecule has 0 spiro atoms. The van der Waals surface area contributed by atoms with Crippen LogP contribution in [0.15, 0.2) is 29.6 Å². The van der Waals surface area contributed by atoms with E-state index in [0.717, 1.165) is 28.4 Å². The molecule has 20 heavy (non-hydrogen) atoms. The van der Waals surface area contributed by atoms with Crippen LogP contribution in [0, 0.1) is 0 Å². The summed E-state index contributed by atoms with van der Waals surface area (Å²) in [6.45, 7) is 5.04. The Kier molecular flexibility index (Phi) is 6.14. The molecule has 0 bridgehead atoms. The molecular formula is C15H20N2O2S. The van der Waals surface area contributed by atoms with Crippen LogP contribution in [0.4, 0.5) is 0 Å². The normalized spacial score (nSPS) is 10.9. The maximum Gasteiger partial charge on any atom is 0.123 e. The van der Waals surface area contributed by atoms with E-state index < -0.39 is 0 Å². The minimum Gasteiger partial charge on any atom is -0.379 e. The molecule has 0 aliphatic heterocycles. The lowest BCUT2D eigenvalue weighted by Crippen LogP contribution is -2.03. The Balaban J connectivity index is 1.93. The third-order valence-corrected chi connectivity index (χ3v) is 3.72. The molecule has 2 N–H and O–H groups in total. The van der Waals surface area contributed by atoms with E-state index in [2.05, 4.69) is 23.2 Å². The summed E-state index contributed by atoms with van der Waals surface area (Å²) in [4.78, 5) is 4.49. The molecule has 4 nitrogen and oxygen atoms in total. The predicted molar refractivity (Wildman–Crippen MR) is 81.6 cm³/mol. The summed E-state index contributed by atoms with van der Waals surface area (Å²) in [5.41, 5.74) is 8.78. The number of hydrogen-bond acceptors (Lipinski definition) is 5. The van der Waals surface area contributed by atoms with Gasteiger partial charge in [0.15, 0.2) is 0 Å². The first kappa shape index (κ1) is 15.1. The highest BCUT2D eigenvalue weighted by atomic mass is 32.1. The Morgan fingerprint density at radius 1 is 1.25 bits per heavy atom. The van der Waals surface area contributed by atoms with E-state index in [1.165, 1.54) is 0 Å². The summed E-state index contributed by atoms with van der Waals surface area (Å²) < 4.78 is 10.8. The maximum absolute atomic E-state index is 5.59. The number of ether oxygens (including phenoxy) is 2. The van der Waals surface area contributed by atoms with Crippen LogP contribution in [-0.2, 0) is 22.6 Å². The first-order chi connectivity index (χ1) is 9.83. The van der Waals surface area contributed by atoms with Crippen molar-refractivity contribution in [3.63, 3.8) is 0 Å².